The molecule has 0 unspecified atom stereocenters. The van der Waals surface area contributed by atoms with Gasteiger partial charge in [-0.1, -0.05) is 25.5 Å². The first-order valence-electron chi connectivity index (χ1n) is 7.97. The van der Waals surface area contributed by atoms with Gasteiger partial charge in [0.15, 0.2) is 0 Å². The minimum Gasteiger partial charge on any atom is -0.352 e. The van der Waals surface area contributed by atoms with Gasteiger partial charge in [-0.3, -0.25) is 9.69 Å². The second kappa shape index (κ2) is 8.15. The van der Waals surface area contributed by atoms with Crippen molar-refractivity contribution in [1.29, 1.82) is 0 Å². The predicted molar refractivity (Wildman–Crippen MR) is 86.5 cm³/mol. The van der Waals surface area contributed by atoms with Crippen LogP contribution in [0.15, 0.2) is 24.3 Å². The molecule has 0 aromatic heterocycles. The Balaban J connectivity index is 1.89. The summed E-state index contributed by atoms with van der Waals surface area (Å²) in [6.07, 6.45) is 2.14. The second-order valence-electron chi connectivity index (χ2n) is 5.89. The van der Waals surface area contributed by atoms with Crippen LogP contribution < -0.4 is 5.32 Å². The maximum Gasteiger partial charge on any atom is 0.251 e. The quantitative estimate of drug-likeness (QED) is 0.813. The third-order valence-electron chi connectivity index (χ3n) is 4.01. The lowest BCUT2D eigenvalue weighted by Crippen LogP contribution is -2.43. The topological polar surface area (TPSA) is 35.6 Å². The van der Waals surface area contributed by atoms with E-state index >= 15 is 0 Å². The Morgan fingerprint density at radius 1 is 1.24 bits per heavy atom. The maximum atomic E-state index is 12.1. The molecule has 1 aliphatic heterocycles. The van der Waals surface area contributed by atoms with Gasteiger partial charge in [0.1, 0.15) is 0 Å². The van der Waals surface area contributed by atoms with Crippen LogP contribution in [0, 0.1) is 0 Å². The van der Waals surface area contributed by atoms with E-state index in [1.165, 1.54) is 5.56 Å². The zero-order valence-electron chi connectivity index (χ0n) is 13.3. The van der Waals surface area contributed by atoms with Gasteiger partial charge in [-0.15, -0.1) is 0 Å². The van der Waals surface area contributed by atoms with E-state index in [1.807, 2.05) is 18.2 Å². The molecule has 1 N–H and O–H groups in total. The summed E-state index contributed by atoms with van der Waals surface area (Å²) in [7, 11) is 2.17. The van der Waals surface area contributed by atoms with Gasteiger partial charge in [0.25, 0.3) is 5.91 Å². The Hall–Kier alpha value is -1.39. The Bertz CT molecular complexity index is 453. The smallest absolute Gasteiger partial charge is 0.251 e. The van der Waals surface area contributed by atoms with Crippen molar-refractivity contribution in [2.24, 2.45) is 0 Å². The summed E-state index contributed by atoms with van der Waals surface area (Å²) in [6.45, 7) is 8.27. The molecule has 0 saturated carbocycles. The highest BCUT2D eigenvalue weighted by Crippen LogP contribution is 2.10. The van der Waals surface area contributed by atoms with E-state index in [1.54, 1.807) is 0 Å². The van der Waals surface area contributed by atoms with Crippen molar-refractivity contribution in [2.75, 3.05) is 39.8 Å². The zero-order valence-corrected chi connectivity index (χ0v) is 13.3. The van der Waals surface area contributed by atoms with Crippen LogP contribution in [0.3, 0.4) is 0 Å². The summed E-state index contributed by atoms with van der Waals surface area (Å²) in [4.78, 5) is 16.9. The number of amides is 1. The molecule has 0 spiro atoms. The molecule has 4 heteroatoms. The normalized spacial score (nSPS) is 16.9. The SMILES string of the molecule is CCCCNC(=O)c1cccc(CN2CCN(C)CC2)c1. The van der Waals surface area contributed by atoms with Crippen LogP contribution >= 0.6 is 0 Å². The van der Waals surface area contributed by atoms with E-state index < -0.39 is 0 Å². The minimum atomic E-state index is 0.0451. The number of likely N-dealkylation sites (N-methyl/N-ethyl adjacent to an activating group) is 1. The average Bonchev–Trinajstić information content (AvgIpc) is 2.50. The number of piperazine rings is 1. The van der Waals surface area contributed by atoms with Crippen LogP contribution in [-0.4, -0.2) is 55.5 Å². The number of hydrogen-bond acceptors (Lipinski definition) is 3. The molecule has 0 radical (unpaired) electrons. The number of benzene rings is 1. The van der Waals surface area contributed by atoms with Gasteiger partial charge in [0.05, 0.1) is 0 Å². The van der Waals surface area contributed by atoms with Crippen molar-refractivity contribution in [2.45, 2.75) is 26.3 Å². The van der Waals surface area contributed by atoms with Crippen LogP contribution in [0.2, 0.25) is 0 Å². The van der Waals surface area contributed by atoms with Gasteiger partial charge >= 0.3 is 0 Å². The molecule has 1 fully saturated rings. The Labute approximate surface area is 128 Å². The van der Waals surface area contributed by atoms with E-state index in [9.17, 15) is 4.79 Å². The molecule has 4 nitrogen and oxygen atoms in total. The van der Waals surface area contributed by atoms with Crippen LogP contribution in [0.5, 0.6) is 0 Å². The Kier molecular flexibility index (Phi) is 6.21. The van der Waals surface area contributed by atoms with Gasteiger partial charge in [-0.05, 0) is 31.2 Å². The van der Waals surface area contributed by atoms with Gasteiger partial charge in [-0.25, -0.2) is 0 Å². The molecule has 1 aliphatic rings. The van der Waals surface area contributed by atoms with Gasteiger partial charge in [-0.2, -0.15) is 0 Å². The molecular formula is C17H27N3O. The molecule has 1 saturated heterocycles. The van der Waals surface area contributed by atoms with E-state index in [2.05, 4.69) is 35.2 Å². The first-order chi connectivity index (χ1) is 10.2. The zero-order chi connectivity index (χ0) is 15.1. The molecule has 1 aromatic rings. The molecular weight excluding hydrogens is 262 g/mol. The van der Waals surface area contributed by atoms with Crippen molar-refractivity contribution in [3.63, 3.8) is 0 Å². The predicted octanol–water partition coefficient (Wildman–Crippen LogP) is 1.96. The summed E-state index contributed by atoms with van der Waals surface area (Å²) >= 11 is 0. The lowest BCUT2D eigenvalue weighted by Gasteiger charge is -2.32. The minimum absolute atomic E-state index is 0.0451. The standard InChI is InChI=1S/C17H27N3O/c1-3-4-8-18-17(21)16-7-5-6-15(13-16)14-20-11-9-19(2)10-12-20/h5-7,13H,3-4,8-12,14H2,1-2H3,(H,18,21). The molecule has 0 atom stereocenters. The summed E-state index contributed by atoms with van der Waals surface area (Å²) in [5, 5.41) is 2.98. The van der Waals surface area contributed by atoms with Crippen molar-refractivity contribution < 1.29 is 4.79 Å². The molecule has 1 heterocycles. The number of carbonyl (C=O) groups excluding carboxylic acids is 1. The Morgan fingerprint density at radius 2 is 2.00 bits per heavy atom. The lowest BCUT2D eigenvalue weighted by molar-refractivity contribution is 0.0953. The fraction of sp³-hybridized carbons (Fsp3) is 0.588. The van der Waals surface area contributed by atoms with Crippen LogP contribution in [0.25, 0.3) is 0 Å². The average molecular weight is 289 g/mol. The largest absolute Gasteiger partial charge is 0.352 e. The molecule has 1 amide bonds. The molecule has 0 aliphatic carbocycles. The Morgan fingerprint density at radius 3 is 2.71 bits per heavy atom. The van der Waals surface area contributed by atoms with Gasteiger partial charge in [0.2, 0.25) is 0 Å². The van der Waals surface area contributed by atoms with Crippen LogP contribution in [0.4, 0.5) is 0 Å². The van der Waals surface area contributed by atoms with Crippen molar-refractivity contribution in [3.8, 4) is 0 Å². The van der Waals surface area contributed by atoms with Crippen molar-refractivity contribution in [3.05, 3.63) is 35.4 Å². The third kappa shape index (κ3) is 5.14. The second-order valence-corrected chi connectivity index (χ2v) is 5.89. The lowest BCUT2D eigenvalue weighted by atomic mass is 10.1. The molecule has 2 rings (SSSR count). The number of nitrogens with one attached hydrogen (secondary N) is 1. The summed E-state index contributed by atoms with van der Waals surface area (Å²) < 4.78 is 0. The molecule has 116 valence electrons. The highest BCUT2D eigenvalue weighted by atomic mass is 16.1. The van der Waals surface area contributed by atoms with Crippen molar-refractivity contribution in [1.82, 2.24) is 15.1 Å². The van der Waals surface area contributed by atoms with Gasteiger partial charge < -0.3 is 10.2 Å². The van der Waals surface area contributed by atoms with Crippen LogP contribution in [-0.2, 0) is 6.54 Å². The third-order valence-corrected chi connectivity index (χ3v) is 4.01. The highest BCUT2D eigenvalue weighted by Gasteiger charge is 2.14. The van der Waals surface area contributed by atoms with Crippen molar-refractivity contribution >= 4 is 5.91 Å². The fourth-order valence-corrected chi connectivity index (χ4v) is 2.56. The number of unbranched alkanes of at least 4 members (excludes halogenated alkanes) is 1. The number of hydrogen-bond donors (Lipinski definition) is 1. The summed E-state index contributed by atoms with van der Waals surface area (Å²) in [6, 6.07) is 8.02. The van der Waals surface area contributed by atoms with E-state index in [4.69, 9.17) is 0 Å². The number of rotatable bonds is 6. The summed E-state index contributed by atoms with van der Waals surface area (Å²) in [5.74, 6) is 0.0451. The fourth-order valence-electron chi connectivity index (χ4n) is 2.56. The first-order valence-corrected chi connectivity index (χ1v) is 7.97. The number of nitrogens with zero attached hydrogens (tertiary/aromatic N) is 2. The first kappa shape index (κ1) is 16.0. The molecule has 0 bridgehead atoms. The van der Waals surface area contributed by atoms with E-state index in [0.29, 0.717) is 0 Å². The van der Waals surface area contributed by atoms with Crippen LogP contribution in [0.1, 0.15) is 35.7 Å². The van der Waals surface area contributed by atoms with E-state index in [-0.39, 0.29) is 5.91 Å². The number of carbonyl (C=O) groups is 1. The summed E-state index contributed by atoms with van der Waals surface area (Å²) in [5.41, 5.74) is 2.00. The maximum absolute atomic E-state index is 12.1. The van der Waals surface area contributed by atoms with E-state index in [0.717, 1.165) is 57.7 Å². The molecule has 21 heavy (non-hydrogen) atoms. The monoisotopic (exact) mass is 289 g/mol. The highest BCUT2D eigenvalue weighted by molar-refractivity contribution is 5.94. The molecule has 1 aromatic carbocycles. The van der Waals surface area contributed by atoms with Gasteiger partial charge in [0, 0.05) is 44.8 Å².